The summed E-state index contributed by atoms with van der Waals surface area (Å²) in [6.45, 7) is 1.17. The van der Waals surface area contributed by atoms with E-state index in [1.54, 1.807) is 23.9 Å². The van der Waals surface area contributed by atoms with Crippen molar-refractivity contribution in [3.05, 3.63) is 29.8 Å². The molecule has 0 heterocycles. The van der Waals surface area contributed by atoms with Crippen molar-refractivity contribution in [3.8, 4) is 0 Å². The van der Waals surface area contributed by atoms with Crippen molar-refractivity contribution in [3.63, 3.8) is 0 Å². The van der Waals surface area contributed by atoms with Crippen LogP contribution in [0.25, 0.3) is 0 Å². The van der Waals surface area contributed by atoms with Crippen LogP contribution in [0.15, 0.2) is 29.2 Å². The van der Waals surface area contributed by atoms with Crippen LogP contribution < -0.4 is 10.5 Å². The van der Waals surface area contributed by atoms with E-state index in [2.05, 4.69) is 4.72 Å². The highest BCUT2D eigenvalue weighted by Crippen LogP contribution is 2.46. The third kappa shape index (κ3) is 3.97. The van der Waals surface area contributed by atoms with E-state index in [1.165, 1.54) is 0 Å². The highest BCUT2D eigenvalue weighted by Gasteiger charge is 2.42. The fourth-order valence-corrected chi connectivity index (χ4v) is 3.99. The Morgan fingerprint density at radius 3 is 2.45 bits per heavy atom. The predicted molar refractivity (Wildman–Crippen MR) is 84.5 cm³/mol. The van der Waals surface area contributed by atoms with Crippen molar-refractivity contribution in [1.82, 2.24) is 4.72 Å². The van der Waals surface area contributed by atoms with Crippen LogP contribution in [0.5, 0.6) is 0 Å². The normalized spacial score (nSPS) is 17.1. The minimum Gasteiger partial charge on any atom is -0.330 e. The molecule has 0 atom stereocenters. The molecule has 1 aromatic rings. The molecule has 0 radical (unpaired) electrons. The van der Waals surface area contributed by atoms with Crippen molar-refractivity contribution >= 4 is 21.8 Å². The molecule has 4 nitrogen and oxygen atoms in total. The Kier molecular flexibility index (Phi) is 5.12. The molecule has 0 aromatic heterocycles. The second kappa shape index (κ2) is 6.47. The molecule has 0 bridgehead atoms. The smallest absolute Gasteiger partial charge is 0.240 e. The first-order valence-corrected chi connectivity index (χ1v) is 9.56. The summed E-state index contributed by atoms with van der Waals surface area (Å²) in [5.41, 5.74) is 6.59. The second-order valence-electron chi connectivity index (χ2n) is 5.25. The fourth-order valence-electron chi connectivity index (χ4n) is 2.04. The number of hydrogen-bond acceptors (Lipinski definition) is 4. The first-order valence-electron chi connectivity index (χ1n) is 6.85. The van der Waals surface area contributed by atoms with Gasteiger partial charge in [-0.15, -0.1) is 0 Å². The average Bonchev–Trinajstić information content (AvgIpc) is 3.24. The van der Waals surface area contributed by atoms with Gasteiger partial charge in [0.1, 0.15) is 0 Å². The van der Waals surface area contributed by atoms with Crippen LogP contribution in [0.1, 0.15) is 24.8 Å². The Hall–Kier alpha value is -0.560. The van der Waals surface area contributed by atoms with Gasteiger partial charge in [0.15, 0.2) is 0 Å². The zero-order valence-corrected chi connectivity index (χ0v) is 13.4. The zero-order chi connectivity index (χ0) is 14.6. The molecule has 112 valence electrons. The number of aryl methyl sites for hydroxylation is 1. The summed E-state index contributed by atoms with van der Waals surface area (Å²) < 4.78 is 27.3. The molecule has 0 spiro atoms. The van der Waals surface area contributed by atoms with Gasteiger partial charge in [0.2, 0.25) is 10.0 Å². The van der Waals surface area contributed by atoms with Crippen LogP contribution in [-0.4, -0.2) is 32.5 Å². The van der Waals surface area contributed by atoms with Crippen LogP contribution in [0.4, 0.5) is 0 Å². The molecule has 1 aliphatic rings. The van der Waals surface area contributed by atoms with Gasteiger partial charge in [0, 0.05) is 11.3 Å². The van der Waals surface area contributed by atoms with Crippen LogP contribution in [0.2, 0.25) is 0 Å². The number of nitrogens with one attached hydrogen (secondary N) is 1. The van der Waals surface area contributed by atoms with E-state index in [1.807, 2.05) is 18.4 Å². The molecule has 1 saturated carbocycles. The van der Waals surface area contributed by atoms with Gasteiger partial charge in [0.05, 0.1) is 4.90 Å². The van der Waals surface area contributed by atoms with Crippen LogP contribution in [-0.2, 0) is 16.4 Å². The molecule has 3 N–H and O–H groups in total. The maximum Gasteiger partial charge on any atom is 0.240 e. The first kappa shape index (κ1) is 15.8. The number of benzene rings is 1. The zero-order valence-electron chi connectivity index (χ0n) is 11.8. The highest BCUT2D eigenvalue weighted by molar-refractivity contribution is 8.00. The molecular weight excluding hydrogens is 292 g/mol. The van der Waals surface area contributed by atoms with E-state index in [4.69, 9.17) is 5.73 Å². The molecule has 6 heteroatoms. The van der Waals surface area contributed by atoms with Gasteiger partial charge in [-0.1, -0.05) is 12.1 Å². The average molecular weight is 314 g/mol. The molecule has 2 rings (SSSR count). The van der Waals surface area contributed by atoms with E-state index in [0.717, 1.165) is 31.2 Å². The van der Waals surface area contributed by atoms with Gasteiger partial charge < -0.3 is 5.73 Å². The minimum absolute atomic E-state index is 0.133. The predicted octanol–water partition coefficient (Wildman–Crippen LogP) is 1.75. The third-order valence-corrected chi connectivity index (χ3v) is 6.56. The van der Waals surface area contributed by atoms with Crippen molar-refractivity contribution < 1.29 is 8.42 Å². The van der Waals surface area contributed by atoms with Crippen LogP contribution in [0.3, 0.4) is 0 Å². The number of hydrogen-bond donors (Lipinski definition) is 2. The summed E-state index contributed by atoms with van der Waals surface area (Å²) in [5, 5.41) is 0. The summed E-state index contributed by atoms with van der Waals surface area (Å²) in [7, 11) is -3.39. The summed E-state index contributed by atoms with van der Waals surface area (Å²) >= 11 is 1.75. The Morgan fingerprint density at radius 2 is 1.95 bits per heavy atom. The lowest BCUT2D eigenvalue weighted by molar-refractivity contribution is 0.579. The van der Waals surface area contributed by atoms with E-state index in [-0.39, 0.29) is 4.75 Å². The summed E-state index contributed by atoms with van der Waals surface area (Å²) in [6, 6.07) is 7.08. The van der Waals surface area contributed by atoms with Crippen LogP contribution >= 0.6 is 11.8 Å². The van der Waals surface area contributed by atoms with Crippen molar-refractivity contribution in [2.75, 3.05) is 19.3 Å². The van der Waals surface area contributed by atoms with Gasteiger partial charge in [-0.2, -0.15) is 11.8 Å². The molecule has 20 heavy (non-hydrogen) atoms. The number of nitrogens with two attached hydrogens (primary N) is 1. The second-order valence-corrected chi connectivity index (χ2v) is 8.29. The molecule has 1 aromatic carbocycles. The highest BCUT2D eigenvalue weighted by atomic mass is 32.2. The molecule has 0 saturated heterocycles. The maximum atomic E-state index is 12.2. The van der Waals surface area contributed by atoms with Crippen LogP contribution in [0, 0.1) is 0 Å². The third-order valence-electron chi connectivity index (χ3n) is 3.73. The van der Waals surface area contributed by atoms with Crippen molar-refractivity contribution in [1.29, 1.82) is 0 Å². The first-order chi connectivity index (χ1) is 9.51. The molecule has 1 fully saturated rings. The van der Waals surface area contributed by atoms with Gasteiger partial charge in [-0.05, 0) is 56.2 Å². The Labute approximate surface area is 125 Å². The minimum atomic E-state index is -3.39. The molecule has 1 aliphatic carbocycles. The van der Waals surface area contributed by atoms with E-state index in [0.29, 0.717) is 18.0 Å². The number of sulfonamides is 1. The maximum absolute atomic E-state index is 12.2. The van der Waals surface area contributed by atoms with E-state index in [9.17, 15) is 8.42 Å². The molecule has 0 amide bonds. The Balaban J connectivity index is 1.98. The molecule has 0 unspecified atom stereocenters. The summed E-state index contributed by atoms with van der Waals surface area (Å²) in [5.74, 6) is 0. The quantitative estimate of drug-likeness (QED) is 0.767. The summed E-state index contributed by atoms with van der Waals surface area (Å²) in [6.07, 6.45) is 6.03. The molecular formula is C14H22N2O2S2. The lowest BCUT2D eigenvalue weighted by atomic mass is 10.1. The Morgan fingerprint density at radius 1 is 1.30 bits per heavy atom. The number of rotatable bonds is 8. The Bertz CT molecular complexity index is 537. The SMILES string of the molecule is CSC1(CNS(=O)(=O)c2ccc(CCCN)cc2)CC1. The number of thioether (sulfide) groups is 1. The van der Waals surface area contributed by atoms with Gasteiger partial charge in [-0.3, -0.25) is 0 Å². The van der Waals surface area contributed by atoms with Gasteiger partial charge in [-0.25, -0.2) is 13.1 Å². The van der Waals surface area contributed by atoms with Gasteiger partial charge >= 0.3 is 0 Å². The van der Waals surface area contributed by atoms with E-state index >= 15 is 0 Å². The van der Waals surface area contributed by atoms with Gasteiger partial charge in [0.25, 0.3) is 0 Å². The lowest BCUT2D eigenvalue weighted by Gasteiger charge is -2.13. The molecule has 0 aliphatic heterocycles. The van der Waals surface area contributed by atoms with Crippen molar-refractivity contribution in [2.45, 2.75) is 35.3 Å². The largest absolute Gasteiger partial charge is 0.330 e. The topological polar surface area (TPSA) is 72.2 Å². The summed E-state index contributed by atoms with van der Waals surface area (Å²) in [4.78, 5) is 0.339. The fraction of sp³-hybridized carbons (Fsp3) is 0.571. The van der Waals surface area contributed by atoms with Crippen molar-refractivity contribution in [2.24, 2.45) is 5.73 Å². The monoisotopic (exact) mass is 314 g/mol. The standard InChI is InChI=1S/C14H22N2O2S2/c1-19-14(8-9-14)11-16-20(17,18)13-6-4-12(5-7-13)3-2-10-15/h4-7,16H,2-3,8-11,15H2,1H3. The van der Waals surface area contributed by atoms with E-state index < -0.39 is 10.0 Å². The lowest BCUT2D eigenvalue weighted by Crippen LogP contribution is -2.31.